The molecule has 1 heterocycles. The van der Waals surface area contributed by atoms with Crippen LogP contribution >= 0.6 is 11.3 Å². The van der Waals surface area contributed by atoms with Crippen molar-refractivity contribution in [2.45, 2.75) is 13.0 Å². The molecule has 1 aromatic heterocycles. The minimum atomic E-state index is 0.709. The summed E-state index contributed by atoms with van der Waals surface area (Å²) < 4.78 is 4.99. The molecule has 11 heavy (non-hydrogen) atoms. The van der Waals surface area contributed by atoms with Crippen molar-refractivity contribution in [3.05, 3.63) is 21.9 Å². The van der Waals surface area contributed by atoms with Crippen molar-refractivity contribution in [3.8, 4) is 0 Å². The molecule has 0 amide bonds. The summed E-state index contributed by atoms with van der Waals surface area (Å²) >= 11 is 1.75. The van der Waals surface area contributed by atoms with Crippen LogP contribution in [0.4, 0.5) is 0 Å². The molecule has 0 aliphatic rings. The highest BCUT2D eigenvalue weighted by atomic mass is 32.1. The zero-order valence-electron chi connectivity index (χ0n) is 6.67. The Bertz CT molecular complexity index is 189. The first-order valence-electron chi connectivity index (χ1n) is 3.62. The molecule has 0 fully saturated rings. The maximum atomic E-state index is 5.42. The smallest absolute Gasteiger partial charge is 0.0721 e. The van der Waals surface area contributed by atoms with Gasteiger partial charge in [-0.25, -0.2) is 0 Å². The predicted molar refractivity (Wildman–Crippen MR) is 47.8 cm³/mol. The summed E-state index contributed by atoms with van der Waals surface area (Å²) in [5.74, 6) is 0. The highest BCUT2D eigenvalue weighted by Crippen LogP contribution is 2.15. The molecule has 1 rings (SSSR count). The predicted octanol–water partition coefficient (Wildman–Crippen LogP) is 1.40. The van der Waals surface area contributed by atoms with Gasteiger partial charge in [0.15, 0.2) is 0 Å². The quantitative estimate of drug-likeness (QED) is 0.743. The van der Waals surface area contributed by atoms with Crippen LogP contribution in [0.1, 0.15) is 10.4 Å². The van der Waals surface area contributed by atoms with E-state index in [1.807, 2.05) is 0 Å². The number of hydrogen-bond acceptors (Lipinski definition) is 3. The molecule has 0 aromatic carbocycles. The third-order valence-electron chi connectivity index (χ3n) is 1.41. The maximum Gasteiger partial charge on any atom is 0.0721 e. The first-order valence-corrected chi connectivity index (χ1v) is 4.50. The molecule has 2 nitrogen and oxygen atoms in total. The van der Waals surface area contributed by atoms with Crippen LogP contribution < -0.4 is 5.73 Å². The fourth-order valence-corrected chi connectivity index (χ4v) is 1.84. The highest BCUT2D eigenvalue weighted by Gasteiger charge is 1.97. The van der Waals surface area contributed by atoms with E-state index in [1.54, 1.807) is 18.4 Å². The first-order chi connectivity index (χ1) is 5.36. The van der Waals surface area contributed by atoms with Crippen LogP contribution in [0.3, 0.4) is 0 Å². The van der Waals surface area contributed by atoms with Gasteiger partial charge in [-0.1, -0.05) is 0 Å². The maximum absolute atomic E-state index is 5.42. The van der Waals surface area contributed by atoms with E-state index in [2.05, 4.69) is 11.4 Å². The highest BCUT2D eigenvalue weighted by molar-refractivity contribution is 7.10. The summed E-state index contributed by atoms with van der Waals surface area (Å²) in [6.45, 7) is 1.44. The van der Waals surface area contributed by atoms with E-state index in [0.29, 0.717) is 6.61 Å². The normalized spacial score (nSPS) is 10.4. The second-order valence-electron chi connectivity index (χ2n) is 2.39. The minimum absolute atomic E-state index is 0.709. The van der Waals surface area contributed by atoms with Gasteiger partial charge in [-0.2, -0.15) is 0 Å². The number of methoxy groups -OCH3 is 1. The largest absolute Gasteiger partial charge is 0.380 e. The summed E-state index contributed by atoms with van der Waals surface area (Å²) in [6.07, 6.45) is 0.981. The Kier molecular flexibility index (Phi) is 3.56. The van der Waals surface area contributed by atoms with Crippen molar-refractivity contribution in [1.29, 1.82) is 0 Å². The Hall–Kier alpha value is -0.380. The monoisotopic (exact) mass is 171 g/mol. The van der Waals surface area contributed by atoms with E-state index >= 15 is 0 Å². The van der Waals surface area contributed by atoms with Crippen molar-refractivity contribution >= 4 is 11.3 Å². The molecule has 0 radical (unpaired) electrons. The fraction of sp³-hybridized carbons (Fsp3) is 0.500. The van der Waals surface area contributed by atoms with E-state index in [9.17, 15) is 0 Å². The lowest BCUT2D eigenvalue weighted by atomic mass is 10.3. The molecule has 3 heteroatoms. The van der Waals surface area contributed by atoms with Gasteiger partial charge in [0.2, 0.25) is 0 Å². The summed E-state index contributed by atoms with van der Waals surface area (Å²) in [4.78, 5) is 1.35. The molecular formula is C8H13NOS. The van der Waals surface area contributed by atoms with Gasteiger partial charge in [-0.05, 0) is 30.0 Å². The van der Waals surface area contributed by atoms with Crippen molar-refractivity contribution < 1.29 is 4.74 Å². The van der Waals surface area contributed by atoms with Gasteiger partial charge < -0.3 is 10.5 Å². The van der Waals surface area contributed by atoms with Gasteiger partial charge in [-0.15, -0.1) is 11.3 Å². The van der Waals surface area contributed by atoms with Crippen LogP contribution in [-0.4, -0.2) is 13.7 Å². The van der Waals surface area contributed by atoms with Crippen LogP contribution in [0.15, 0.2) is 11.4 Å². The third kappa shape index (κ3) is 2.61. The summed E-state index contributed by atoms with van der Waals surface area (Å²) in [5, 5.41) is 2.12. The van der Waals surface area contributed by atoms with E-state index in [1.165, 1.54) is 10.4 Å². The van der Waals surface area contributed by atoms with Crippen LogP contribution in [0, 0.1) is 0 Å². The zero-order valence-corrected chi connectivity index (χ0v) is 7.49. The number of hydrogen-bond donors (Lipinski definition) is 1. The van der Waals surface area contributed by atoms with Gasteiger partial charge in [-0.3, -0.25) is 0 Å². The molecule has 0 aliphatic heterocycles. The fourth-order valence-electron chi connectivity index (χ4n) is 0.942. The molecule has 2 N–H and O–H groups in total. The lowest BCUT2D eigenvalue weighted by molar-refractivity contribution is 0.185. The van der Waals surface area contributed by atoms with Gasteiger partial charge in [0.05, 0.1) is 6.61 Å². The van der Waals surface area contributed by atoms with E-state index in [-0.39, 0.29) is 0 Å². The molecule has 62 valence electrons. The lowest BCUT2D eigenvalue weighted by Crippen LogP contribution is -2.00. The molecule has 0 saturated carbocycles. The lowest BCUT2D eigenvalue weighted by Gasteiger charge is -1.91. The molecule has 0 spiro atoms. The van der Waals surface area contributed by atoms with Crippen molar-refractivity contribution in [2.24, 2.45) is 5.73 Å². The van der Waals surface area contributed by atoms with Gasteiger partial charge >= 0.3 is 0 Å². The van der Waals surface area contributed by atoms with Crippen LogP contribution in [0.25, 0.3) is 0 Å². The van der Waals surface area contributed by atoms with Gasteiger partial charge in [0, 0.05) is 12.0 Å². The average Bonchev–Trinajstić information content (AvgIpc) is 2.38. The van der Waals surface area contributed by atoms with Crippen molar-refractivity contribution in [3.63, 3.8) is 0 Å². The van der Waals surface area contributed by atoms with E-state index < -0.39 is 0 Å². The molecule has 0 saturated heterocycles. The van der Waals surface area contributed by atoms with Crippen LogP contribution in [-0.2, 0) is 17.8 Å². The summed E-state index contributed by atoms with van der Waals surface area (Å²) in [5.41, 5.74) is 6.67. The topological polar surface area (TPSA) is 35.2 Å². The molecule has 0 bridgehead atoms. The second-order valence-corrected chi connectivity index (χ2v) is 3.39. The minimum Gasteiger partial charge on any atom is -0.380 e. The van der Waals surface area contributed by atoms with Crippen molar-refractivity contribution in [1.82, 2.24) is 0 Å². The van der Waals surface area contributed by atoms with E-state index in [0.717, 1.165) is 13.0 Å². The van der Waals surface area contributed by atoms with Crippen LogP contribution in [0.2, 0.25) is 0 Å². The Labute approximate surface area is 71.0 Å². The number of rotatable bonds is 4. The SMILES string of the molecule is COCc1csc(CCN)c1. The second kappa shape index (κ2) is 4.49. The van der Waals surface area contributed by atoms with Gasteiger partial charge in [0.1, 0.15) is 0 Å². The molecule has 0 atom stereocenters. The van der Waals surface area contributed by atoms with E-state index in [4.69, 9.17) is 10.5 Å². The number of nitrogens with two attached hydrogens (primary N) is 1. The summed E-state index contributed by atoms with van der Waals surface area (Å²) in [7, 11) is 1.71. The standard InChI is InChI=1S/C8H13NOS/c1-10-5-7-4-8(2-3-9)11-6-7/h4,6H,2-3,5,9H2,1H3. The summed E-state index contributed by atoms with van der Waals surface area (Å²) in [6, 6.07) is 2.15. The molecule has 1 aromatic rings. The Morgan fingerprint density at radius 2 is 2.45 bits per heavy atom. The van der Waals surface area contributed by atoms with Gasteiger partial charge in [0.25, 0.3) is 0 Å². The van der Waals surface area contributed by atoms with Crippen LogP contribution in [0.5, 0.6) is 0 Å². The number of ether oxygens (including phenoxy) is 1. The molecule has 0 aliphatic carbocycles. The van der Waals surface area contributed by atoms with Crippen molar-refractivity contribution in [2.75, 3.05) is 13.7 Å². The number of thiophene rings is 1. The Morgan fingerprint density at radius 3 is 3.09 bits per heavy atom. The third-order valence-corrected chi connectivity index (χ3v) is 2.46. The Morgan fingerprint density at radius 1 is 1.64 bits per heavy atom. The molecule has 0 unspecified atom stereocenters. The Balaban J connectivity index is 2.51. The zero-order chi connectivity index (χ0) is 8.10. The first kappa shape index (κ1) is 8.71. The average molecular weight is 171 g/mol. The molecular weight excluding hydrogens is 158 g/mol.